The molecule has 0 fully saturated rings. The maximum atomic E-state index is 12.4. The van der Waals surface area contributed by atoms with Crippen LogP contribution in [0.3, 0.4) is 0 Å². The second kappa shape index (κ2) is 7.92. The van der Waals surface area contributed by atoms with Gasteiger partial charge in [0.25, 0.3) is 11.6 Å². The van der Waals surface area contributed by atoms with Gasteiger partial charge in [0.2, 0.25) is 5.89 Å². The van der Waals surface area contributed by atoms with Gasteiger partial charge in [0.1, 0.15) is 11.5 Å². The second-order valence-corrected chi connectivity index (χ2v) is 5.80. The van der Waals surface area contributed by atoms with Crippen LogP contribution < -0.4 is 14.8 Å². The molecule has 1 aromatic heterocycles. The first-order valence-electron chi connectivity index (χ1n) is 7.73. The summed E-state index contributed by atoms with van der Waals surface area (Å²) in [4.78, 5) is 22.6. The number of non-ortho nitro benzene ring substituents is 1. The van der Waals surface area contributed by atoms with Gasteiger partial charge in [-0.05, 0) is 18.2 Å². The van der Waals surface area contributed by atoms with Gasteiger partial charge in [-0.1, -0.05) is 16.7 Å². The van der Waals surface area contributed by atoms with Crippen LogP contribution in [0.4, 0.5) is 11.7 Å². The van der Waals surface area contributed by atoms with E-state index in [0.717, 1.165) is 6.07 Å². The van der Waals surface area contributed by atoms with Crippen molar-refractivity contribution >= 4 is 29.2 Å². The third kappa shape index (κ3) is 4.01. The van der Waals surface area contributed by atoms with Crippen molar-refractivity contribution in [1.82, 2.24) is 10.2 Å². The average Bonchev–Trinajstić information content (AvgIpc) is 3.16. The fourth-order valence-corrected chi connectivity index (χ4v) is 2.49. The first-order chi connectivity index (χ1) is 13.4. The summed E-state index contributed by atoms with van der Waals surface area (Å²) in [6.07, 6.45) is 0. The number of methoxy groups -OCH3 is 2. The molecule has 3 aromatic rings. The number of hydrogen-bond donors (Lipinski definition) is 1. The van der Waals surface area contributed by atoms with Gasteiger partial charge in [0, 0.05) is 23.8 Å². The topological polar surface area (TPSA) is 130 Å². The molecule has 1 heterocycles. The molecule has 1 amide bonds. The van der Waals surface area contributed by atoms with Crippen molar-refractivity contribution in [2.45, 2.75) is 0 Å². The number of carbonyl (C=O) groups is 1. The number of nitro groups is 1. The number of nitro benzene ring substituents is 1. The van der Waals surface area contributed by atoms with E-state index >= 15 is 0 Å². The lowest BCUT2D eigenvalue weighted by Crippen LogP contribution is -2.13. The Morgan fingerprint density at radius 1 is 1.14 bits per heavy atom. The molecule has 28 heavy (non-hydrogen) atoms. The zero-order valence-corrected chi connectivity index (χ0v) is 15.4. The average molecular weight is 405 g/mol. The molecule has 0 aliphatic heterocycles. The highest BCUT2D eigenvalue weighted by Crippen LogP contribution is 2.30. The van der Waals surface area contributed by atoms with Crippen molar-refractivity contribution in [3.8, 4) is 23.0 Å². The molecule has 0 bridgehead atoms. The van der Waals surface area contributed by atoms with Crippen LogP contribution >= 0.6 is 11.6 Å². The fourth-order valence-electron chi connectivity index (χ4n) is 2.29. The largest absolute Gasteiger partial charge is 0.497 e. The zero-order valence-electron chi connectivity index (χ0n) is 14.6. The molecule has 0 unspecified atom stereocenters. The summed E-state index contributed by atoms with van der Waals surface area (Å²) in [5, 5.41) is 20.9. The van der Waals surface area contributed by atoms with Crippen molar-refractivity contribution in [1.29, 1.82) is 0 Å². The molecule has 3 rings (SSSR count). The van der Waals surface area contributed by atoms with E-state index < -0.39 is 10.8 Å². The number of amides is 1. The Kier molecular flexibility index (Phi) is 5.41. The Hall–Kier alpha value is -3.66. The van der Waals surface area contributed by atoms with Gasteiger partial charge in [0.05, 0.1) is 29.7 Å². The van der Waals surface area contributed by atoms with Gasteiger partial charge in [-0.3, -0.25) is 20.2 Å². The minimum absolute atomic E-state index is 0.0420. The Bertz CT molecular complexity index is 1030. The number of nitrogens with one attached hydrogen (secondary N) is 1. The number of aromatic nitrogens is 2. The number of ether oxygens (including phenoxy) is 2. The number of anilines is 1. The molecule has 2 aromatic carbocycles. The lowest BCUT2D eigenvalue weighted by molar-refractivity contribution is -0.384. The normalized spacial score (nSPS) is 10.4. The third-order valence-electron chi connectivity index (χ3n) is 3.65. The van der Waals surface area contributed by atoms with E-state index in [2.05, 4.69) is 15.5 Å². The van der Waals surface area contributed by atoms with Gasteiger partial charge in [0.15, 0.2) is 0 Å². The highest BCUT2D eigenvalue weighted by atomic mass is 35.5. The SMILES string of the molecule is COc1cc(OC)cc(-c2nnc(NC(=O)c3cc([N+](=O)[O-])ccc3Cl)o2)c1. The van der Waals surface area contributed by atoms with Crippen LogP contribution in [0.1, 0.15) is 10.4 Å². The van der Waals surface area contributed by atoms with Crippen molar-refractivity contribution in [3.63, 3.8) is 0 Å². The number of rotatable bonds is 6. The van der Waals surface area contributed by atoms with E-state index in [1.165, 1.54) is 26.4 Å². The summed E-state index contributed by atoms with van der Waals surface area (Å²) in [5.74, 6) is 0.410. The molecule has 0 saturated heterocycles. The number of hydrogen-bond acceptors (Lipinski definition) is 8. The lowest BCUT2D eigenvalue weighted by Gasteiger charge is -2.06. The monoisotopic (exact) mass is 404 g/mol. The van der Waals surface area contributed by atoms with Crippen molar-refractivity contribution < 1.29 is 23.6 Å². The van der Waals surface area contributed by atoms with Gasteiger partial charge in [-0.25, -0.2) is 0 Å². The van der Waals surface area contributed by atoms with Crippen molar-refractivity contribution in [2.24, 2.45) is 0 Å². The molecular formula is C17H13ClN4O6. The molecule has 11 heteroatoms. The molecule has 10 nitrogen and oxygen atoms in total. The minimum atomic E-state index is -0.730. The van der Waals surface area contributed by atoms with Gasteiger partial charge in [-0.15, -0.1) is 5.10 Å². The first kappa shape index (κ1) is 19.1. The Balaban J connectivity index is 1.85. The molecule has 0 aliphatic carbocycles. The third-order valence-corrected chi connectivity index (χ3v) is 3.98. The highest BCUT2D eigenvalue weighted by Gasteiger charge is 2.19. The molecular weight excluding hydrogens is 392 g/mol. The van der Waals surface area contributed by atoms with Crippen LogP contribution in [-0.4, -0.2) is 35.2 Å². The van der Waals surface area contributed by atoms with Crippen LogP contribution in [0.15, 0.2) is 40.8 Å². The van der Waals surface area contributed by atoms with Gasteiger partial charge in [-0.2, -0.15) is 0 Å². The summed E-state index contributed by atoms with van der Waals surface area (Å²) in [6, 6.07) is 8.29. The van der Waals surface area contributed by atoms with E-state index in [1.807, 2.05) is 0 Å². The van der Waals surface area contributed by atoms with Crippen LogP contribution in [-0.2, 0) is 0 Å². The number of carbonyl (C=O) groups excluding carboxylic acids is 1. The van der Waals surface area contributed by atoms with Crippen molar-refractivity contribution in [3.05, 3.63) is 57.1 Å². The molecule has 0 saturated carbocycles. The Morgan fingerprint density at radius 3 is 2.43 bits per heavy atom. The van der Waals surface area contributed by atoms with Gasteiger partial charge < -0.3 is 13.9 Å². The first-order valence-corrected chi connectivity index (χ1v) is 8.11. The summed E-state index contributed by atoms with van der Waals surface area (Å²) in [7, 11) is 3.00. The summed E-state index contributed by atoms with van der Waals surface area (Å²) in [6.45, 7) is 0. The highest BCUT2D eigenvalue weighted by molar-refractivity contribution is 6.34. The predicted molar refractivity (Wildman–Crippen MR) is 98.9 cm³/mol. The van der Waals surface area contributed by atoms with Crippen LogP contribution in [0.25, 0.3) is 11.5 Å². The second-order valence-electron chi connectivity index (χ2n) is 5.39. The van der Waals surface area contributed by atoms with Crippen molar-refractivity contribution in [2.75, 3.05) is 19.5 Å². The van der Waals surface area contributed by atoms with E-state index in [4.69, 9.17) is 25.5 Å². The van der Waals surface area contributed by atoms with E-state index in [1.54, 1.807) is 18.2 Å². The molecule has 0 aliphatic rings. The summed E-state index contributed by atoms with van der Waals surface area (Å²) >= 11 is 5.95. The van der Waals surface area contributed by atoms with Crippen LogP contribution in [0.5, 0.6) is 11.5 Å². The number of nitrogens with zero attached hydrogens (tertiary/aromatic N) is 3. The minimum Gasteiger partial charge on any atom is -0.497 e. The zero-order chi connectivity index (χ0) is 20.3. The van der Waals surface area contributed by atoms with E-state index in [-0.39, 0.29) is 28.2 Å². The standard InChI is InChI=1S/C17H13ClN4O6/c1-26-11-5-9(6-12(8-11)27-2)16-20-21-17(28-16)19-15(23)13-7-10(22(24)25)3-4-14(13)18/h3-8H,1-2H3,(H,19,21,23). The maximum Gasteiger partial charge on any atom is 0.322 e. The fraction of sp³-hybridized carbons (Fsp3) is 0.118. The molecule has 0 spiro atoms. The smallest absolute Gasteiger partial charge is 0.322 e. The Labute approximate surface area is 163 Å². The number of halogens is 1. The predicted octanol–water partition coefficient (Wildman–Crippen LogP) is 3.57. The molecule has 144 valence electrons. The Morgan fingerprint density at radius 2 is 1.82 bits per heavy atom. The summed E-state index contributed by atoms with van der Waals surface area (Å²) < 4.78 is 15.8. The number of benzene rings is 2. The van der Waals surface area contributed by atoms with E-state index in [9.17, 15) is 14.9 Å². The maximum absolute atomic E-state index is 12.4. The van der Waals surface area contributed by atoms with Gasteiger partial charge >= 0.3 is 6.01 Å². The van der Waals surface area contributed by atoms with Crippen LogP contribution in [0, 0.1) is 10.1 Å². The molecule has 0 radical (unpaired) electrons. The quantitative estimate of drug-likeness (QED) is 0.487. The molecule has 1 N–H and O–H groups in total. The lowest BCUT2D eigenvalue weighted by atomic mass is 10.2. The molecule has 0 atom stereocenters. The summed E-state index contributed by atoms with van der Waals surface area (Å²) in [5.41, 5.74) is 0.139. The van der Waals surface area contributed by atoms with E-state index in [0.29, 0.717) is 17.1 Å². The van der Waals surface area contributed by atoms with Crippen LogP contribution in [0.2, 0.25) is 5.02 Å².